The zero-order valence-corrected chi connectivity index (χ0v) is 16.8. The highest BCUT2D eigenvalue weighted by atomic mass is 16.5. The smallest absolute Gasteiger partial charge is 0.309 e. The number of carbonyl (C=O) groups excluding carboxylic acids is 2. The summed E-state index contributed by atoms with van der Waals surface area (Å²) in [4.78, 5) is 26.7. The van der Waals surface area contributed by atoms with Gasteiger partial charge in [-0.05, 0) is 44.2 Å². The van der Waals surface area contributed by atoms with Gasteiger partial charge in [0.25, 0.3) is 0 Å². The van der Waals surface area contributed by atoms with Crippen LogP contribution in [0.3, 0.4) is 0 Å². The van der Waals surface area contributed by atoms with Crippen LogP contribution in [0.2, 0.25) is 0 Å². The van der Waals surface area contributed by atoms with E-state index in [4.69, 9.17) is 4.74 Å². The van der Waals surface area contributed by atoms with Gasteiger partial charge in [0.2, 0.25) is 0 Å². The molecule has 0 spiro atoms. The number of amides is 2. The van der Waals surface area contributed by atoms with Gasteiger partial charge < -0.3 is 19.9 Å². The molecule has 2 amide bonds. The predicted octanol–water partition coefficient (Wildman–Crippen LogP) is 1.52. The van der Waals surface area contributed by atoms with Gasteiger partial charge in [0, 0.05) is 45.1 Å². The van der Waals surface area contributed by atoms with E-state index < -0.39 is 11.8 Å². The quantitative estimate of drug-likeness (QED) is 0.549. The van der Waals surface area contributed by atoms with Crippen LogP contribution in [-0.4, -0.2) is 60.7 Å². The molecule has 2 aliphatic rings. The Labute approximate surface area is 167 Å². The number of rotatable bonds is 7. The number of allylic oxidation sites excluding steroid dienone is 1. The molecule has 1 saturated heterocycles. The molecule has 0 bridgehead atoms. The van der Waals surface area contributed by atoms with Crippen molar-refractivity contribution in [3.8, 4) is 0 Å². The second-order valence-corrected chi connectivity index (χ2v) is 7.53. The third kappa shape index (κ3) is 5.69. The van der Waals surface area contributed by atoms with Gasteiger partial charge in [0.15, 0.2) is 0 Å². The maximum absolute atomic E-state index is 12.3. The number of nitrogens with one attached hydrogen (secondary N) is 2. The molecule has 2 N–H and O–H groups in total. The summed E-state index contributed by atoms with van der Waals surface area (Å²) in [7, 11) is 2.00. The summed E-state index contributed by atoms with van der Waals surface area (Å²) in [5.74, 6) is -1.12. The van der Waals surface area contributed by atoms with Crippen LogP contribution in [0.5, 0.6) is 0 Å². The molecule has 3 rings (SSSR count). The fourth-order valence-corrected chi connectivity index (χ4v) is 3.95. The van der Waals surface area contributed by atoms with Gasteiger partial charge >= 0.3 is 11.8 Å². The van der Waals surface area contributed by atoms with E-state index in [0.29, 0.717) is 26.3 Å². The van der Waals surface area contributed by atoms with Crippen molar-refractivity contribution in [3.05, 3.63) is 35.7 Å². The topological polar surface area (TPSA) is 75.6 Å². The van der Waals surface area contributed by atoms with E-state index in [1.807, 2.05) is 19.3 Å². The molecule has 1 aromatic rings. The molecule has 1 atom stereocenters. The molecule has 0 saturated carbocycles. The minimum atomic E-state index is -0.565. The average Bonchev–Trinajstić information content (AvgIpc) is 3.15. The van der Waals surface area contributed by atoms with Crippen LogP contribution in [0.15, 0.2) is 30.0 Å². The highest BCUT2D eigenvalue weighted by molar-refractivity contribution is 6.35. The van der Waals surface area contributed by atoms with Gasteiger partial charge in [-0.15, -0.1) is 0 Å². The van der Waals surface area contributed by atoms with Crippen LogP contribution in [0, 0.1) is 0 Å². The van der Waals surface area contributed by atoms with Crippen molar-refractivity contribution in [1.82, 2.24) is 20.1 Å². The first-order valence-electron chi connectivity index (χ1n) is 10.3. The van der Waals surface area contributed by atoms with Crippen molar-refractivity contribution >= 4 is 11.8 Å². The summed E-state index contributed by atoms with van der Waals surface area (Å²) >= 11 is 0. The zero-order valence-electron chi connectivity index (χ0n) is 16.8. The summed E-state index contributed by atoms with van der Waals surface area (Å²) in [6.45, 7) is 3.91. The first-order valence-corrected chi connectivity index (χ1v) is 10.3. The zero-order chi connectivity index (χ0) is 19.8. The summed E-state index contributed by atoms with van der Waals surface area (Å²) in [5.41, 5.74) is 2.51. The second-order valence-electron chi connectivity index (χ2n) is 7.53. The van der Waals surface area contributed by atoms with Crippen LogP contribution in [0.1, 0.15) is 43.8 Å². The Morgan fingerprint density at radius 2 is 1.96 bits per heavy atom. The van der Waals surface area contributed by atoms with E-state index in [0.717, 1.165) is 38.0 Å². The molecule has 154 valence electrons. The summed E-state index contributed by atoms with van der Waals surface area (Å²) in [6.07, 6.45) is 9.82. The summed E-state index contributed by atoms with van der Waals surface area (Å²) in [6, 6.07) is 4.08. The molecule has 1 fully saturated rings. The van der Waals surface area contributed by atoms with Gasteiger partial charge in [-0.3, -0.25) is 14.5 Å². The van der Waals surface area contributed by atoms with E-state index in [1.54, 1.807) is 0 Å². The van der Waals surface area contributed by atoms with E-state index in [1.165, 1.54) is 18.4 Å². The summed E-state index contributed by atoms with van der Waals surface area (Å²) < 4.78 is 7.51. The summed E-state index contributed by atoms with van der Waals surface area (Å²) in [5, 5.41) is 5.57. The number of morpholine rings is 1. The van der Waals surface area contributed by atoms with Crippen LogP contribution in [-0.2, 0) is 21.4 Å². The minimum Gasteiger partial charge on any atom is -0.379 e. The van der Waals surface area contributed by atoms with Gasteiger partial charge in [0.1, 0.15) is 0 Å². The number of aryl methyl sites for hydroxylation is 1. The van der Waals surface area contributed by atoms with Crippen LogP contribution in [0.4, 0.5) is 0 Å². The van der Waals surface area contributed by atoms with Crippen molar-refractivity contribution in [3.63, 3.8) is 0 Å². The maximum atomic E-state index is 12.3. The lowest BCUT2D eigenvalue weighted by Gasteiger charge is -2.34. The predicted molar refractivity (Wildman–Crippen MR) is 108 cm³/mol. The standard InChI is InChI=1S/C21H32N4O3/c1-24-11-5-8-18(24)19(25-12-14-28-15-13-25)16-23-21(27)20(26)22-10-9-17-6-3-2-4-7-17/h5-6,8,11,19H,2-4,7,9-10,12-16H2,1H3,(H,22,26)(H,23,27). The molecule has 7 heteroatoms. The highest BCUT2D eigenvalue weighted by Gasteiger charge is 2.25. The lowest BCUT2D eigenvalue weighted by Crippen LogP contribution is -2.47. The molecule has 1 aliphatic heterocycles. The molecular formula is C21H32N4O3. The van der Waals surface area contributed by atoms with Gasteiger partial charge in [-0.1, -0.05) is 11.6 Å². The van der Waals surface area contributed by atoms with Crippen molar-refractivity contribution < 1.29 is 14.3 Å². The second kappa shape index (κ2) is 10.4. The molecule has 2 heterocycles. The van der Waals surface area contributed by atoms with Crippen LogP contribution in [0.25, 0.3) is 0 Å². The molecule has 0 radical (unpaired) electrons. The number of hydrogen-bond donors (Lipinski definition) is 2. The Morgan fingerprint density at radius 3 is 2.64 bits per heavy atom. The normalized spacial score (nSPS) is 19.0. The average molecular weight is 389 g/mol. The van der Waals surface area contributed by atoms with Gasteiger partial charge in [-0.25, -0.2) is 0 Å². The number of ether oxygens (including phenoxy) is 1. The highest BCUT2D eigenvalue weighted by Crippen LogP contribution is 2.21. The fraction of sp³-hybridized carbons (Fsp3) is 0.619. The monoisotopic (exact) mass is 388 g/mol. The Morgan fingerprint density at radius 1 is 1.18 bits per heavy atom. The molecule has 1 aliphatic carbocycles. The van der Waals surface area contributed by atoms with E-state index in [9.17, 15) is 9.59 Å². The van der Waals surface area contributed by atoms with Crippen molar-refractivity contribution in [2.24, 2.45) is 7.05 Å². The Hall–Kier alpha value is -2.12. The number of hydrogen-bond acceptors (Lipinski definition) is 4. The van der Waals surface area contributed by atoms with Crippen LogP contribution >= 0.6 is 0 Å². The van der Waals surface area contributed by atoms with Gasteiger partial charge in [0.05, 0.1) is 19.3 Å². The largest absolute Gasteiger partial charge is 0.379 e. The third-order valence-corrected chi connectivity index (χ3v) is 5.59. The molecule has 1 aromatic heterocycles. The Kier molecular flexibility index (Phi) is 7.68. The molecule has 1 unspecified atom stereocenters. The minimum absolute atomic E-state index is 0.0213. The fourth-order valence-electron chi connectivity index (χ4n) is 3.95. The van der Waals surface area contributed by atoms with E-state index >= 15 is 0 Å². The van der Waals surface area contributed by atoms with Crippen molar-refractivity contribution in [2.75, 3.05) is 39.4 Å². The number of carbonyl (C=O) groups is 2. The third-order valence-electron chi connectivity index (χ3n) is 5.59. The van der Waals surface area contributed by atoms with E-state index in [-0.39, 0.29) is 6.04 Å². The molecular weight excluding hydrogens is 356 g/mol. The first kappa shape index (κ1) is 20.6. The van der Waals surface area contributed by atoms with Crippen molar-refractivity contribution in [1.29, 1.82) is 0 Å². The van der Waals surface area contributed by atoms with Crippen LogP contribution < -0.4 is 10.6 Å². The number of aromatic nitrogens is 1. The molecule has 0 aromatic carbocycles. The SMILES string of the molecule is Cn1cccc1C(CNC(=O)C(=O)NCCC1=CCCCC1)N1CCOCC1. The molecule has 7 nitrogen and oxygen atoms in total. The van der Waals surface area contributed by atoms with Gasteiger partial charge in [-0.2, -0.15) is 0 Å². The maximum Gasteiger partial charge on any atom is 0.309 e. The number of nitrogens with zero attached hydrogens (tertiary/aromatic N) is 2. The lowest BCUT2D eigenvalue weighted by atomic mass is 9.97. The Balaban J connectivity index is 1.49. The lowest BCUT2D eigenvalue weighted by molar-refractivity contribution is -0.139. The van der Waals surface area contributed by atoms with E-state index in [2.05, 4.69) is 32.2 Å². The van der Waals surface area contributed by atoms with Crippen molar-refractivity contribution in [2.45, 2.75) is 38.1 Å². The molecule has 28 heavy (non-hydrogen) atoms. The Bertz CT molecular complexity index is 692. The first-order chi connectivity index (χ1) is 13.6.